The van der Waals surface area contributed by atoms with Gasteiger partial charge in [0.05, 0.1) is 12.7 Å². The average Bonchev–Trinajstić information content (AvgIpc) is 2.38. The van der Waals surface area contributed by atoms with Crippen molar-refractivity contribution >= 4 is 5.91 Å². The molecule has 3 unspecified atom stereocenters. The number of piperidine rings is 1. The first-order chi connectivity index (χ1) is 8.63. The fourth-order valence-electron chi connectivity index (χ4n) is 2.38. The molecule has 1 amide bonds. The Kier molecular flexibility index (Phi) is 7.23. The molecule has 106 valence electrons. The maximum atomic E-state index is 11.7. The van der Waals surface area contributed by atoms with Crippen LogP contribution in [0.3, 0.4) is 0 Å². The number of hydrogen-bond acceptors (Lipinski definition) is 4. The molecule has 1 aliphatic rings. The number of hydrogen-bond donors (Lipinski definition) is 3. The van der Waals surface area contributed by atoms with Crippen molar-refractivity contribution in [3.05, 3.63) is 0 Å². The Morgan fingerprint density at radius 1 is 1.61 bits per heavy atom. The Morgan fingerprint density at radius 3 is 3.00 bits per heavy atom. The van der Waals surface area contributed by atoms with E-state index in [-0.39, 0.29) is 19.1 Å². The molecular formula is C13H26N2O3. The van der Waals surface area contributed by atoms with E-state index in [0.29, 0.717) is 18.3 Å². The number of aliphatic hydroxyl groups excluding tert-OH is 1. The zero-order chi connectivity index (χ0) is 13.4. The summed E-state index contributed by atoms with van der Waals surface area (Å²) in [6.07, 6.45) is 2.31. The van der Waals surface area contributed by atoms with Crippen LogP contribution in [0.5, 0.6) is 0 Å². The van der Waals surface area contributed by atoms with Crippen LogP contribution < -0.4 is 10.6 Å². The van der Waals surface area contributed by atoms with Gasteiger partial charge in [0.1, 0.15) is 0 Å². The molecule has 1 fully saturated rings. The van der Waals surface area contributed by atoms with Crippen LogP contribution in [0, 0.1) is 11.8 Å². The second kappa shape index (κ2) is 8.45. The van der Waals surface area contributed by atoms with Crippen molar-refractivity contribution in [3.8, 4) is 0 Å². The second-order valence-corrected chi connectivity index (χ2v) is 5.20. The lowest BCUT2D eigenvalue weighted by atomic mass is 9.85. The fourth-order valence-corrected chi connectivity index (χ4v) is 2.38. The maximum absolute atomic E-state index is 11.7. The van der Waals surface area contributed by atoms with E-state index in [1.807, 2.05) is 0 Å². The van der Waals surface area contributed by atoms with E-state index in [1.165, 1.54) is 20.0 Å². The maximum Gasteiger partial charge on any atom is 0.220 e. The molecule has 3 N–H and O–H groups in total. The average molecular weight is 258 g/mol. The summed E-state index contributed by atoms with van der Waals surface area (Å²) in [5.41, 5.74) is 0. The number of carbonyl (C=O) groups is 1. The van der Waals surface area contributed by atoms with Gasteiger partial charge in [-0.1, -0.05) is 6.92 Å². The first-order valence-corrected chi connectivity index (χ1v) is 6.78. The number of amides is 1. The van der Waals surface area contributed by atoms with Gasteiger partial charge in [0.2, 0.25) is 5.91 Å². The largest absolute Gasteiger partial charge is 0.389 e. The van der Waals surface area contributed by atoms with E-state index in [1.54, 1.807) is 0 Å². The highest BCUT2D eigenvalue weighted by molar-refractivity contribution is 5.76. The van der Waals surface area contributed by atoms with Crippen LogP contribution in [-0.4, -0.2) is 50.5 Å². The van der Waals surface area contributed by atoms with Crippen LogP contribution in [0.1, 0.15) is 26.2 Å². The molecule has 5 nitrogen and oxygen atoms in total. The predicted molar refractivity (Wildman–Crippen MR) is 70.3 cm³/mol. The van der Waals surface area contributed by atoms with Gasteiger partial charge in [-0.15, -0.1) is 0 Å². The van der Waals surface area contributed by atoms with E-state index in [9.17, 15) is 9.90 Å². The minimum Gasteiger partial charge on any atom is -0.389 e. The lowest BCUT2D eigenvalue weighted by Gasteiger charge is -2.28. The van der Waals surface area contributed by atoms with Crippen LogP contribution in [-0.2, 0) is 9.53 Å². The number of nitrogens with one attached hydrogen (secondary N) is 2. The molecule has 1 aliphatic heterocycles. The molecule has 1 heterocycles. The van der Waals surface area contributed by atoms with Gasteiger partial charge in [0, 0.05) is 20.1 Å². The highest BCUT2D eigenvalue weighted by Crippen LogP contribution is 2.22. The molecule has 0 aliphatic carbocycles. The van der Waals surface area contributed by atoms with E-state index in [4.69, 9.17) is 4.74 Å². The molecule has 0 aromatic heterocycles. The Bertz CT molecular complexity index is 242. The van der Waals surface area contributed by atoms with Crippen LogP contribution in [0.2, 0.25) is 0 Å². The third kappa shape index (κ3) is 5.80. The lowest BCUT2D eigenvalue weighted by Crippen LogP contribution is -2.38. The van der Waals surface area contributed by atoms with E-state index in [0.717, 1.165) is 13.1 Å². The summed E-state index contributed by atoms with van der Waals surface area (Å²) in [4.78, 5) is 11.7. The van der Waals surface area contributed by atoms with Gasteiger partial charge in [0.25, 0.3) is 0 Å². The van der Waals surface area contributed by atoms with Crippen LogP contribution in [0.4, 0.5) is 0 Å². The summed E-state index contributed by atoms with van der Waals surface area (Å²) in [6.45, 7) is 4.76. The summed E-state index contributed by atoms with van der Waals surface area (Å²) in [6, 6.07) is 0. The third-order valence-electron chi connectivity index (χ3n) is 3.54. The molecule has 3 atom stereocenters. The third-order valence-corrected chi connectivity index (χ3v) is 3.54. The zero-order valence-corrected chi connectivity index (χ0v) is 11.4. The summed E-state index contributed by atoms with van der Waals surface area (Å²) >= 11 is 0. The molecule has 0 aromatic carbocycles. The van der Waals surface area contributed by atoms with Crippen LogP contribution >= 0.6 is 0 Å². The Hall–Kier alpha value is -0.650. The molecular weight excluding hydrogens is 232 g/mol. The van der Waals surface area contributed by atoms with Crippen molar-refractivity contribution in [1.29, 1.82) is 0 Å². The van der Waals surface area contributed by atoms with Gasteiger partial charge in [-0.05, 0) is 37.8 Å². The molecule has 1 rings (SSSR count). The first-order valence-electron chi connectivity index (χ1n) is 6.78. The second-order valence-electron chi connectivity index (χ2n) is 5.20. The Balaban J connectivity index is 2.18. The summed E-state index contributed by atoms with van der Waals surface area (Å²) in [5.74, 6) is 0.994. The number of carbonyl (C=O) groups excluding carboxylic acids is 1. The molecule has 0 radical (unpaired) electrons. The Morgan fingerprint density at radius 2 is 2.39 bits per heavy atom. The topological polar surface area (TPSA) is 70.6 Å². The highest BCUT2D eigenvalue weighted by atomic mass is 16.5. The molecule has 0 bridgehead atoms. The lowest BCUT2D eigenvalue weighted by molar-refractivity contribution is -0.123. The van der Waals surface area contributed by atoms with Gasteiger partial charge < -0.3 is 20.5 Å². The van der Waals surface area contributed by atoms with Gasteiger partial charge >= 0.3 is 0 Å². The van der Waals surface area contributed by atoms with Crippen LogP contribution in [0.15, 0.2) is 0 Å². The van der Waals surface area contributed by atoms with Crippen molar-refractivity contribution in [2.45, 2.75) is 32.3 Å². The fraction of sp³-hybridized carbons (Fsp3) is 0.923. The number of ether oxygens (including phenoxy) is 1. The summed E-state index contributed by atoms with van der Waals surface area (Å²) < 4.78 is 4.80. The summed E-state index contributed by atoms with van der Waals surface area (Å²) in [7, 11) is 1.53. The monoisotopic (exact) mass is 258 g/mol. The van der Waals surface area contributed by atoms with Gasteiger partial charge in [-0.25, -0.2) is 0 Å². The number of methoxy groups -OCH3 is 1. The number of rotatable bonds is 7. The molecule has 18 heavy (non-hydrogen) atoms. The molecule has 0 aromatic rings. The van der Waals surface area contributed by atoms with Gasteiger partial charge in [-0.3, -0.25) is 4.79 Å². The van der Waals surface area contributed by atoms with Gasteiger partial charge in [0.15, 0.2) is 0 Å². The predicted octanol–water partition coefficient (Wildman–Crippen LogP) is 0.136. The molecule has 0 spiro atoms. The van der Waals surface area contributed by atoms with Crippen molar-refractivity contribution in [1.82, 2.24) is 10.6 Å². The Labute approximate surface area is 109 Å². The number of aliphatic hydroxyl groups is 1. The van der Waals surface area contributed by atoms with Gasteiger partial charge in [-0.2, -0.15) is 0 Å². The summed E-state index contributed by atoms with van der Waals surface area (Å²) in [5, 5.41) is 15.5. The van der Waals surface area contributed by atoms with E-state index >= 15 is 0 Å². The SMILES string of the molecule is COCC(O)CNC(=O)CC(C)C1CCCNC1. The minimum atomic E-state index is -0.620. The van der Waals surface area contributed by atoms with E-state index < -0.39 is 6.10 Å². The molecule has 1 saturated heterocycles. The minimum absolute atomic E-state index is 0.0169. The van der Waals surface area contributed by atoms with Crippen molar-refractivity contribution in [2.24, 2.45) is 11.8 Å². The normalized spacial score (nSPS) is 23.4. The van der Waals surface area contributed by atoms with Crippen molar-refractivity contribution in [3.63, 3.8) is 0 Å². The van der Waals surface area contributed by atoms with Crippen molar-refractivity contribution in [2.75, 3.05) is 33.4 Å². The zero-order valence-electron chi connectivity index (χ0n) is 11.4. The standard InChI is InChI=1S/C13H26N2O3/c1-10(11-4-3-5-14-7-11)6-13(17)15-8-12(16)9-18-2/h10-12,14,16H,3-9H2,1-2H3,(H,15,17). The first kappa shape index (κ1) is 15.4. The van der Waals surface area contributed by atoms with Crippen molar-refractivity contribution < 1.29 is 14.6 Å². The quantitative estimate of drug-likeness (QED) is 0.607. The molecule has 5 heteroatoms. The smallest absolute Gasteiger partial charge is 0.220 e. The molecule has 0 saturated carbocycles. The highest BCUT2D eigenvalue weighted by Gasteiger charge is 2.22. The van der Waals surface area contributed by atoms with E-state index in [2.05, 4.69) is 17.6 Å². The van der Waals surface area contributed by atoms with Crippen LogP contribution in [0.25, 0.3) is 0 Å².